The Bertz CT molecular complexity index is 803. The lowest BCUT2D eigenvalue weighted by Gasteiger charge is -2.30. The molecule has 2 aromatic rings. The topological polar surface area (TPSA) is 70.2 Å². The molecule has 0 spiro atoms. The predicted octanol–water partition coefficient (Wildman–Crippen LogP) is 3.73. The van der Waals surface area contributed by atoms with Crippen LogP contribution in [0.5, 0.6) is 0 Å². The lowest BCUT2D eigenvalue weighted by Crippen LogP contribution is -2.40. The Morgan fingerprint density at radius 2 is 1.79 bits per heavy atom. The summed E-state index contributed by atoms with van der Waals surface area (Å²) in [4.78, 5) is 23.4. The number of anilines is 2. The highest BCUT2D eigenvalue weighted by Crippen LogP contribution is 2.23. The van der Waals surface area contributed by atoms with Gasteiger partial charge >= 0.3 is 0 Å². The standard InChI is InChI=1S/C21H29N5O.ClH/c1-14-6-5-7-16(12-14)20(27)23-17-8-10-18(11-9-17)24-21-22-13-15(2)19(25-21)26(3)4;/h5-7,12-13,17-18H,8-11H2,1-4H3,(H,23,27)(H,22,24,25);1H/t17-,18+;. The first-order valence-electron chi connectivity index (χ1n) is 9.57. The van der Waals surface area contributed by atoms with Crippen LogP contribution in [-0.4, -0.2) is 42.1 Å². The summed E-state index contributed by atoms with van der Waals surface area (Å²) in [5, 5.41) is 6.63. The molecular formula is C21H30ClN5O. The molecule has 0 radical (unpaired) electrons. The van der Waals surface area contributed by atoms with E-state index in [1.165, 1.54) is 0 Å². The third-order valence-electron chi connectivity index (χ3n) is 5.04. The van der Waals surface area contributed by atoms with E-state index < -0.39 is 0 Å². The predicted molar refractivity (Wildman–Crippen MR) is 117 cm³/mol. The average molecular weight is 404 g/mol. The van der Waals surface area contributed by atoms with Crippen LogP contribution in [0.2, 0.25) is 0 Å². The summed E-state index contributed by atoms with van der Waals surface area (Å²) in [6, 6.07) is 8.30. The number of rotatable bonds is 5. The smallest absolute Gasteiger partial charge is 0.251 e. The third kappa shape index (κ3) is 5.58. The Balaban J connectivity index is 0.00000280. The van der Waals surface area contributed by atoms with Crippen molar-refractivity contribution in [1.29, 1.82) is 0 Å². The SMILES string of the molecule is Cc1cccc(C(=O)N[C@H]2CC[C@@H](Nc3ncc(C)c(N(C)C)n3)CC2)c1.Cl. The summed E-state index contributed by atoms with van der Waals surface area (Å²) in [6.07, 6.45) is 5.77. The maximum atomic E-state index is 12.4. The maximum Gasteiger partial charge on any atom is 0.251 e. The van der Waals surface area contributed by atoms with E-state index in [4.69, 9.17) is 0 Å². The van der Waals surface area contributed by atoms with Crippen LogP contribution in [0.25, 0.3) is 0 Å². The summed E-state index contributed by atoms with van der Waals surface area (Å²) >= 11 is 0. The van der Waals surface area contributed by atoms with Crippen molar-refractivity contribution in [3.63, 3.8) is 0 Å². The number of hydrogen-bond acceptors (Lipinski definition) is 5. The first-order valence-corrected chi connectivity index (χ1v) is 9.57. The molecule has 0 atom stereocenters. The molecule has 152 valence electrons. The molecule has 1 fully saturated rings. The van der Waals surface area contributed by atoms with Gasteiger partial charge in [-0.25, -0.2) is 4.98 Å². The van der Waals surface area contributed by atoms with Crippen molar-refractivity contribution in [2.75, 3.05) is 24.3 Å². The molecule has 1 aliphatic carbocycles. The Morgan fingerprint density at radius 1 is 1.11 bits per heavy atom. The Hall–Kier alpha value is -2.34. The number of halogens is 1. The number of aryl methyl sites for hydroxylation is 2. The molecule has 28 heavy (non-hydrogen) atoms. The fraction of sp³-hybridized carbons (Fsp3) is 0.476. The fourth-order valence-corrected chi connectivity index (χ4v) is 3.57. The van der Waals surface area contributed by atoms with E-state index in [2.05, 4.69) is 20.6 Å². The molecule has 1 saturated carbocycles. The molecule has 0 aliphatic heterocycles. The number of aromatic nitrogens is 2. The van der Waals surface area contributed by atoms with E-state index in [0.717, 1.165) is 48.2 Å². The zero-order valence-corrected chi connectivity index (χ0v) is 17.8. The van der Waals surface area contributed by atoms with Gasteiger partial charge in [-0.05, 0) is 51.7 Å². The number of benzene rings is 1. The van der Waals surface area contributed by atoms with Gasteiger partial charge in [-0.2, -0.15) is 4.98 Å². The summed E-state index contributed by atoms with van der Waals surface area (Å²) in [5.41, 5.74) is 2.90. The minimum atomic E-state index is 0. The largest absolute Gasteiger partial charge is 0.362 e. The zero-order chi connectivity index (χ0) is 19.4. The summed E-state index contributed by atoms with van der Waals surface area (Å²) < 4.78 is 0. The fourth-order valence-electron chi connectivity index (χ4n) is 3.57. The molecule has 0 unspecified atom stereocenters. The van der Waals surface area contributed by atoms with Gasteiger partial charge in [0.15, 0.2) is 0 Å². The Labute approximate surface area is 173 Å². The van der Waals surface area contributed by atoms with Crippen LogP contribution >= 0.6 is 12.4 Å². The van der Waals surface area contributed by atoms with Crippen molar-refractivity contribution in [2.45, 2.75) is 51.6 Å². The van der Waals surface area contributed by atoms with E-state index >= 15 is 0 Å². The van der Waals surface area contributed by atoms with E-state index in [0.29, 0.717) is 12.0 Å². The van der Waals surface area contributed by atoms with E-state index in [1.54, 1.807) is 0 Å². The second kappa shape index (κ2) is 9.73. The number of carbonyl (C=O) groups excluding carboxylic acids is 1. The van der Waals surface area contributed by atoms with Gasteiger partial charge in [-0.15, -0.1) is 12.4 Å². The van der Waals surface area contributed by atoms with Crippen molar-refractivity contribution in [1.82, 2.24) is 15.3 Å². The minimum absolute atomic E-state index is 0. The maximum absolute atomic E-state index is 12.4. The molecule has 1 amide bonds. The highest BCUT2D eigenvalue weighted by Gasteiger charge is 2.23. The molecule has 1 aromatic carbocycles. The van der Waals surface area contributed by atoms with Gasteiger partial charge in [0.25, 0.3) is 5.91 Å². The third-order valence-corrected chi connectivity index (χ3v) is 5.04. The second-order valence-electron chi connectivity index (χ2n) is 7.63. The van der Waals surface area contributed by atoms with Crippen LogP contribution in [0.1, 0.15) is 47.2 Å². The lowest BCUT2D eigenvalue weighted by atomic mass is 9.91. The molecule has 0 saturated heterocycles. The van der Waals surface area contributed by atoms with Crippen LogP contribution in [0.15, 0.2) is 30.5 Å². The number of nitrogens with zero attached hydrogens (tertiary/aromatic N) is 3. The molecular weight excluding hydrogens is 374 g/mol. The van der Waals surface area contributed by atoms with Crippen molar-refractivity contribution >= 4 is 30.1 Å². The summed E-state index contributed by atoms with van der Waals surface area (Å²) in [7, 11) is 3.97. The number of hydrogen-bond donors (Lipinski definition) is 2. The molecule has 7 heteroatoms. The Kier molecular flexibility index (Phi) is 7.63. The molecule has 2 N–H and O–H groups in total. The van der Waals surface area contributed by atoms with Crippen molar-refractivity contribution in [3.8, 4) is 0 Å². The van der Waals surface area contributed by atoms with Crippen LogP contribution in [0.3, 0.4) is 0 Å². The highest BCUT2D eigenvalue weighted by molar-refractivity contribution is 5.94. The van der Waals surface area contributed by atoms with Crippen molar-refractivity contribution in [3.05, 3.63) is 47.2 Å². The molecule has 3 rings (SSSR count). The van der Waals surface area contributed by atoms with Gasteiger partial charge < -0.3 is 15.5 Å². The van der Waals surface area contributed by atoms with Crippen LogP contribution in [0, 0.1) is 13.8 Å². The van der Waals surface area contributed by atoms with E-state index in [-0.39, 0.29) is 24.4 Å². The first kappa shape index (κ1) is 22.0. The van der Waals surface area contributed by atoms with Crippen molar-refractivity contribution in [2.24, 2.45) is 0 Å². The molecule has 6 nitrogen and oxygen atoms in total. The van der Waals surface area contributed by atoms with Gasteiger partial charge in [0.05, 0.1) is 0 Å². The normalized spacial score (nSPS) is 18.7. The quantitative estimate of drug-likeness (QED) is 0.795. The summed E-state index contributed by atoms with van der Waals surface area (Å²) in [6.45, 7) is 4.02. The molecule has 0 bridgehead atoms. The first-order chi connectivity index (χ1) is 12.9. The second-order valence-corrected chi connectivity index (χ2v) is 7.63. The Morgan fingerprint density at radius 3 is 2.43 bits per heavy atom. The van der Waals surface area contributed by atoms with Gasteiger partial charge in [-0.1, -0.05) is 17.7 Å². The number of nitrogens with one attached hydrogen (secondary N) is 2. The summed E-state index contributed by atoms with van der Waals surface area (Å²) in [5.74, 6) is 1.63. The van der Waals surface area contributed by atoms with E-state index in [1.807, 2.05) is 63.3 Å². The molecule has 1 heterocycles. The van der Waals surface area contributed by atoms with Gasteiger partial charge in [-0.3, -0.25) is 4.79 Å². The van der Waals surface area contributed by atoms with Crippen LogP contribution in [0.4, 0.5) is 11.8 Å². The van der Waals surface area contributed by atoms with Gasteiger partial charge in [0.1, 0.15) is 5.82 Å². The lowest BCUT2D eigenvalue weighted by molar-refractivity contribution is 0.0926. The monoisotopic (exact) mass is 403 g/mol. The van der Waals surface area contributed by atoms with Crippen LogP contribution in [-0.2, 0) is 0 Å². The average Bonchev–Trinajstić information content (AvgIpc) is 2.64. The van der Waals surface area contributed by atoms with E-state index in [9.17, 15) is 4.79 Å². The van der Waals surface area contributed by atoms with Crippen molar-refractivity contribution < 1.29 is 4.79 Å². The number of amides is 1. The molecule has 1 aromatic heterocycles. The molecule has 1 aliphatic rings. The van der Waals surface area contributed by atoms with Crippen LogP contribution < -0.4 is 15.5 Å². The highest BCUT2D eigenvalue weighted by atomic mass is 35.5. The minimum Gasteiger partial charge on any atom is -0.362 e. The van der Waals surface area contributed by atoms with Gasteiger partial charge in [0, 0.05) is 43.5 Å². The van der Waals surface area contributed by atoms with Gasteiger partial charge in [0.2, 0.25) is 5.95 Å². The number of carbonyl (C=O) groups is 1. The zero-order valence-electron chi connectivity index (χ0n) is 17.0.